The predicted octanol–water partition coefficient (Wildman–Crippen LogP) is 6.49. The summed E-state index contributed by atoms with van der Waals surface area (Å²) < 4.78 is 0.873. The average molecular weight is 375 g/mol. The molecule has 0 fully saturated rings. The zero-order valence-electron chi connectivity index (χ0n) is 13.0. The van der Waals surface area contributed by atoms with Gasteiger partial charge in [-0.3, -0.25) is 4.79 Å². The molecule has 21 heavy (non-hydrogen) atoms. The highest BCUT2D eigenvalue weighted by molar-refractivity contribution is 9.10. The van der Waals surface area contributed by atoms with Gasteiger partial charge in [0.05, 0.1) is 5.69 Å². The molecule has 4 heteroatoms. The van der Waals surface area contributed by atoms with Gasteiger partial charge in [-0.1, -0.05) is 57.0 Å². The van der Waals surface area contributed by atoms with E-state index in [2.05, 4.69) is 28.2 Å². The standard InChI is InChI=1S/C17H25BrClNO/c1-3-4-5-6-7-8-9-10-17(21)20-16-12-15(19)13(2)11-14(16)18/h11-12H,3-10H2,1-2H3,(H,20,21). The summed E-state index contributed by atoms with van der Waals surface area (Å²) in [6.07, 6.45) is 9.09. The smallest absolute Gasteiger partial charge is 0.224 e. The molecule has 0 unspecified atom stereocenters. The lowest BCUT2D eigenvalue weighted by molar-refractivity contribution is -0.116. The third kappa shape index (κ3) is 7.32. The molecule has 0 aromatic heterocycles. The van der Waals surface area contributed by atoms with Crippen molar-refractivity contribution in [2.24, 2.45) is 0 Å². The Hall–Kier alpha value is -0.540. The first-order valence-corrected chi connectivity index (χ1v) is 8.97. The largest absolute Gasteiger partial charge is 0.325 e. The van der Waals surface area contributed by atoms with E-state index < -0.39 is 0 Å². The first-order chi connectivity index (χ1) is 10.0. The van der Waals surface area contributed by atoms with Gasteiger partial charge in [0.2, 0.25) is 5.91 Å². The number of unbranched alkanes of at least 4 members (excludes halogenated alkanes) is 6. The highest BCUT2D eigenvalue weighted by atomic mass is 79.9. The molecule has 0 spiro atoms. The van der Waals surface area contributed by atoms with Gasteiger partial charge in [-0.2, -0.15) is 0 Å². The van der Waals surface area contributed by atoms with E-state index in [1.54, 1.807) is 6.07 Å². The van der Waals surface area contributed by atoms with E-state index in [1.807, 2.05) is 13.0 Å². The molecule has 0 aliphatic carbocycles. The van der Waals surface area contributed by atoms with Crippen molar-refractivity contribution in [1.29, 1.82) is 0 Å². The van der Waals surface area contributed by atoms with E-state index in [0.29, 0.717) is 11.4 Å². The number of benzene rings is 1. The number of carbonyl (C=O) groups is 1. The molecule has 2 nitrogen and oxygen atoms in total. The van der Waals surface area contributed by atoms with Crippen LogP contribution >= 0.6 is 27.5 Å². The maximum absolute atomic E-state index is 11.9. The Morgan fingerprint density at radius 3 is 2.43 bits per heavy atom. The molecular weight excluding hydrogens is 350 g/mol. The normalized spacial score (nSPS) is 10.7. The second-order valence-corrected chi connectivity index (χ2v) is 6.76. The molecule has 1 aromatic carbocycles. The third-order valence-electron chi connectivity index (χ3n) is 3.53. The molecule has 0 radical (unpaired) electrons. The molecule has 0 saturated heterocycles. The third-order valence-corrected chi connectivity index (χ3v) is 4.59. The van der Waals surface area contributed by atoms with Crippen LogP contribution in [0.25, 0.3) is 0 Å². The summed E-state index contributed by atoms with van der Waals surface area (Å²) in [6, 6.07) is 3.72. The van der Waals surface area contributed by atoms with Gasteiger partial charge in [0.15, 0.2) is 0 Å². The number of aryl methyl sites for hydroxylation is 1. The number of hydrogen-bond donors (Lipinski definition) is 1. The number of nitrogens with one attached hydrogen (secondary N) is 1. The van der Waals surface area contributed by atoms with Crippen LogP contribution in [0.5, 0.6) is 0 Å². The minimum atomic E-state index is 0.0594. The molecule has 1 amide bonds. The summed E-state index contributed by atoms with van der Waals surface area (Å²) in [5.74, 6) is 0.0594. The SMILES string of the molecule is CCCCCCCCCC(=O)Nc1cc(Cl)c(C)cc1Br. The van der Waals surface area contributed by atoms with Crippen LogP contribution in [0.2, 0.25) is 5.02 Å². The predicted molar refractivity (Wildman–Crippen MR) is 95.1 cm³/mol. The van der Waals surface area contributed by atoms with Crippen molar-refractivity contribution in [3.63, 3.8) is 0 Å². The molecule has 0 aliphatic heterocycles. The van der Waals surface area contributed by atoms with E-state index in [4.69, 9.17) is 11.6 Å². The molecule has 0 saturated carbocycles. The monoisotopic (exact) mass is 373 g/mol. The zero-order valence-corrected chi connectivity index (χ0v) is 15.3. The second-order valence-electron chi connectivity index (χ2n) is 5.50. The van der Waals surface area contributed by atoms with Gasteiger partial charge in [-0.25, -0.2) is 0 Å². The Balaban J connectivity index is 2.26. The fourth-order valence-corrected chi connectivity index (χ4v) is 2.92. The Morgan fingerprint density at radius 2 is 1.76 bits per heavy atom. The van der Waals surface area contributed by atoms with Gasteiger partial charge in [-0.05, 0) is 47.0 Å². The van der Waals surface area contributed by atoms with Crippen molar-refractivity contribution in [1.82, 2.24) is 0 Å². The molecule has 0 heterocycles. The number of anilines is 1. The lowest BCUT2D eigenvalue weighted by Gasteiger charge is -2.09. The number of hydrogen-bond acceptors (Lipinski definition) is 1. The van der Waals surface area contributed by atoms with Crippen molar-refractivity contribution in [3.8, 4) is 0 Å². The second kappa shape index (κ2) is 10.2. The van der Waals surface area contributed by atoms with Crippen LogP contribution in [-0.4, -0.2) is 5.91 Å². The van der Waals surface area contributed by atoms with Gasteiger partial charge in [0, 0.05) is 15.9 Å². The van der Waals surface area contributed by atoms with Crippen molar-refractivity contribution in [3.05, 3.63) is 27.2 Å². The summed E-state index contributed by atoms with van der Waals surface area (Å²) >= 11 is 9.54. The highest BCUT2D eigenvalue weighted by Crippen LogP contribution is 2.29. The topological polar surface area (TPSA) is 29.1 Å². The quantitative estimate of drug-likeness (QED) is 0.492. The van der Waals surface area contributed by atoms with E-state index in [9.17, 15) is 4.79 Å². The van der Waals surface area contributed by atoms with Crippen LogP contribution in [0, 0.1) is 6.92 Å². The van der Waals surface area contributed by atoms with Gasteiger partial charge < -0.3 is 5.32 Å². The zero-order chi connectivity index (χ0) is 15.7. The number of amides is 1. The summed E-state index contributed by atoms with van der Waals surface area (Å²) in [5, 5.41) is 3.59. The molecule has 118 valence electrons. The Morgan fingerprint density at radius 1 is 1.14 bits per heavy atom. The highest BCUT2D eigenvalue weighted by Gasteiger charge is 2.08. The molecule has 1 N–H and O–H groups in total. The molecule has 0 atom stereocenters. The van der Waals surface area contributed by atoms with E-state index >= 15 is 0 Å². The summed E-state index contributed by atoms with van der Waals surface area (Å²) in [4.78, 5) is 11.9. The Bertz CT molecular complexity index is 462. The maximum atomic E-state index is 11.9. The Labute approximate surface area is 141 Å². The summed E-state index contributed by atoms with van der Waals surface area (Å²) in [5.41, 5.74) is 1.74. The van der Waals surface area contributed by atoms with Crippen LogP contribution in [0.4, 0.5) is 5.69 Å². The van der Waals surface area contributed by atoms with Crippen molar-refractivity contribution in [2.45, 2.75) is 65.2 Å². The lowest BCUT2D eigenvalue weighted by Crippen LogP contribution is -2.11. The van der Waals surface area contributed by atoms with E-state index in [-0.39, 0.29) is 5.91 Å². The van der Waals surface area contributed by atoms with Crippen LogP contribution in [0.1, 0.15) is 63.9 Å². The van der Waals surface area contributed by atoms with E-state index in [1.165, 1.54) is 32.1 Å². The van der Waals surface area contributed by atoms with Crippen LogP contribution in [-0.2, 0) is 4.79 Å². The molecule has 1 rings (SSSR count). The van der Waals surface area contributed by atoms with Gasteiger partial charge >= 0.3 is 0 Å². The molecule has 0 aliphatic rings. The first kappa shape index (κ1) is 18.5. The molecule has 0 bridgehead atoms. The first-order valence-electron chi connectivity index (χ1n) is 7.80. The fourth-order valence-electron chi connectivity index (χ4n) is 2.20. The summed E-state index contributed by atoms with van der Waals surface area (Å²) in [6.45, 7) is 4.16. The fraction of sp³-hybridized carbons (Fsp3) is 0.588. The molecule has 1 aromatic rings. The minimum Gasteiger partial charge on any atom is -0.325 e. The lowest BCUT2D eigenvalue weighted by atomic mass is 10.1. The molecular formula is C17H25BrClNO. The number of halogens is 2. The number of rotatable bonds is 9. The average Bonchev–Trinajstić information content (AvgIpc) is 2.44. The van der Waals surface area contributed by atoms with Gasteiger partial charge in [0.25, 0.3) is 0 Å². The van der Waals surface area contributed by atoms with Gasteiger partial charge in [-0.15, -0.1) is 0 Å². The van der Waals surface area contributed by atoms with Crippen LogP contribution in [0.3, 0.4) is 0 Å². The van der Waals surface area contributed by atoms with Crippen molar-refractivity contribution >= 4 is 39.1 Å². The Kier molecular flexibility index (Phi) is 9.02. The number of carbonyl (C=O) groups excluding carboxylic acids is 1. The van der Waals surface area contributed by atoms with Crippen LogP contribution < -0.4 is 5.32 Å². The van der Waals surface area contributed by atoms with Crippen LogP contribution in [0.15, 0.2) is 16.6 Å². The summed E-state index contributed by atoms with van der Waals surface area (Å²) in [7, 11) is 0. The maximum Gasteiger partial charge on any atom is 0.224 e. The van der Waals surface area contributed by atoms with Crippen molar-refractivity contribution < 1.29 is 4.79 Å². The van der Waals surface area contributed by atoms with E-state index in [0.717, 1.165) is 28.6 Å². The van der Waals surface area contributed by atoms with Gasteiger partial charge in [0.1, 0.15) is 0 Å². The van der Waals surface area contributed by atoms with Crippen molar-refractivity contribution in [2.75, 3.05) is 5.32 Å². The minimum absolute atomic E-state index is 0.0594.